The van der Waals surface area contributed by atoms with E-state index in [1.54, 1.807) is 0 Å². The Morgan fingerprint density at radius 2 is 1.74 bits per heavy atom. The lowest BCUT2D eigenvalue weighted by molar-refractivity contribution is 0.454. The molecule has 2 aromatic carbocycles. The summed E-state index contributed by atoms with van der Waals surface area (Å²) in [4.78, 5) is 8.91. The number of nitrogens with zero attached hydrogens (tertiary/aromatic N) is 2. The van der Waals surface area contributed by atoms with Gasteiger partial charge in [0.1, 0.15) is 5.75 Å². The zero-order valence-corrected chi connectivity index (χ0v) is 14.1. The number of benzene rings is 2. The van der Waals surface area contributed by atoms with E-state index in [9.17, 15) is 0 Å². The summed E-state index contributed by atoms with van der Waals surface area (Å²) >= 11 is 7.72. The van der Waals surface area contributed by atoms with Gasteiger partial charge in [0.15, 0.2) is 5.16 Å². The summed E-state index contributed by atoms with van der Waals surface area (Å²) in [7, 11) is 0. The van der Waals surface area contributed by atoms with Crippen molar-refractivity contribution in [1.82, 2.24) is 9.97 Å². The Hall–Kier alpha value is -2.04. The summed E-state index contributed by atoms with van der Waals surface area (Å²) in [5.74, 6) is 2.02. The van der Waals surface area contributed by atoms with Crippen molar-refractivity contribution in [2.45, 2.75) is 17.8 Å². The molecule has 0 aliphatic rings. The van der Waals surface area contributed by atoms with Crippen LogP contribution in [0.4, 0.5) is 0 Å². The number of aromatic nitrogens is 2. The molecule has 5 heteroatoms. The summed E-state index contributed by atoms with van der Waals surface area (Å²) in [6, 6.07) is 19.2. The molecule has 0 aliphatic carbocycles. The number of thioether (sulfide) groups is 1. The van der Waals surface area contributed by atoms with Crippen molar-refractivity contribution in [3.05, 3.63) is 76.9 Å². The van der Waals surface area contributed by atoms with Gasteiger partial charge in [-0.25, -0.2) is 4.98 Å². The molecule has 0 saturated carbocycles. The lowest BCUT2D eigenvalue weighted by atomic mass is 10.2. The standard InChI is InChI=1S/C18H15ClN2OS/c1-13-11-17(22-15-8-3-2-4-9-15)21-18(20-13)23-12-14-7-5-6-10-16(14)19/h2-11H,12H2,1H3. The van der Waals surface area contributed by atoms with Crippen LogP contribution in [0.3, 0.4) is 0 Å². The molecule has 3 nitrogen and oxygen atoms in total. The highest BCUT2D eigenvalue weighted by atomic mass is 35.5. The normalized spacial score (nSPS) is 10.5. The minimum Gasteiger partial charge on any atom is -0.439 e. The van der Waals surface area contributed by atoms with E-state index in [0.717, 1.165) is 22.0 Å². The molecule has 0 bridgehead atoms. The molecule has 23 heavy (non-hydrogen) atoms. The Morgan fingerprint density at radius 1 is 1.00 bits per heavy atom. The number of rotatable bonds is 5. The molecule has 3 aromatic rings. The maximum Gasteiger partial charge on any atom is 0.223 e. The highest BCUT2D eigenvalue weighted by molar-refractivity contribution is 7.98. The summed E-state index contributed by atoms with van der Waals surface area (Å²) in [5.41, 5.74) is 1.93. The molecule has 0 N–H and O–H groups in total. The second-order valence-corrected chi connectivity index (χ2v) is 6.28. The van der Waals surface area contributed by atoms with E-state index < -0.39 is 0 Å². The molecule has 116 valence electrons. The average molecular weight is 343 g/mol. The Morgan fingerprint density at radius 3 is 2.52 bits per heavy atom. The smallest absolute Gasteiger partial charge is 0.223 e. The van der Waals surface area contributed by atoms with E-state index in [2.05, 4.69) is 9.97 Å². The Labute approximate surface area is 144 Å². The monoisotopic (exact) mass is 342 g/mol. The van der Waals surface area contributed by atoms with Gasteiger partial charge in [-0.3, -0.25) is 0 Å². The van der Waals surface area contributed by atoms with Gasteiger partial charge >= 0.3 is 0 Å². The summed E-state index contributed by atoms with van der Waals surface area (Å²) < 4.78 is 5.79. The van der Waals surface area contributed by atoms with Gasteiger partial charge in [-0.2, -0.15) is 4.98 Å². The van der Waals surface area contributed by atoms with Gasteiger partial charge in [0, 0.05) is 22.5 Å². The third-order valence-corrected chi connectivity index (χ3v) is 4.36. The predicted molar refractivity (Wildman–Crippen MR) is 94.3 cm³/mol. The maximum absolute atomic E-state index is 6.18. The third-order valence-electron chi connectivity index (χ3n) is 3.09. The molecule has 0 amide bonds. The fourth-order valence-electron chi connectivity index (χ4n) is 2.00. The van der Waals surface area contributed by atoms with E-state index in [4.69, 9.17) is 16.3 Å². The van der Waals surface area contributed by atoms with E-state index in [-0.39, 0.29) is 0 Å². The number of ether oxygens (including phenoxy) is 1. The van der Waals surface area contributed by atoms with Gasteiger partial charge < -0.3 is 4.74 Å². The first-order valence-electron chi connectivity index (χ1n) is 7.15. The van der Waals surface area contributed by atoms with Gasteiger partial charge in [-0.05, 0) is 30.7 Å². The molecule has 0 saturated heterocycles. The van der Waals surface area contributed by atoms with Crippen LogP contribution in [0.25, 0.3) is 0 Å². The minimum atomic E-state index is 0.547. The third kappa shape index (κ3) is 4.47. The Balaban J connectivity index is 1.74. The van der Waals surface area contributed by atoms with Crippen LogP contribution in [0.5, 0.6) is 11.6 Å². The van der Waals surface area contributed by atoms with Crippen molar-refractivity contribution in [3.8, 4) is 11.6 Å². The van der Waals surface area contributed by atoms with Crippen molar-refractivity contribution in [2.24, 2.45) is 0 Å². The van der Waals surface area contributed by atoms with E-state index in [1.165, 1.54) is 11.8 Å². The Bertz CT molecular complexity index is 796. The van der Waals surface area contributed by atoms with Crippen LogP contribution in [0, 0.1) is 6.92 Å². The lowest BCUT2D eigenvalue weighted by Gasteiger charge is -2.08. The van der Waals surface area contributed by atoms with E-state index in [1.807, 2.05) is 67.6 Å². The molecule has 0 spiro atoms. The molecule has 1 heterocycles. The predicted octanol–water partition coefficient (Wildman–Crippen LogP) is 5.52. The second kappa shape index (κ2) is 7.49. The first-order chi connectivity index (χ1) is 11.2. The van der Waals surface area contributed by atoms with Gasteiger partial charge in [0.05, 0.1) is 0 Å². The fraction of sp³-hybridized carbons (Fsp3) is 0.111. The van der Waals surface area contributed by atoms with Crippen LogP contribution in [0.2, 0.25) is 5.02 Å². The molecule has 0 atom stereocenters. The number of hydrogen-bond acceptors (Lipinski definition) is 4. The summed E-state index contributed by atoms with van der Waals surface area (Å²) in [5, 5.41) is 1.43. The van der Waals surface area contributed by atoms with Gasteiger partial charge in [-0.1, -0.05) is 59.8 Å². The van der Waals surface area contributed by atoms with Crippen LogP contribution in [-0.2, 0) is 5.75 Å². The van der Waals surface area contributed by atoms with Crippen molar-refractivity contribution < 1.29 is 4.74 Å². The van der Waals surface area contributed by atoms with Gasteiger partial charge in [0.25, 0.3) is 0 Å². The molecule has 0 aliphatic heterocycles. The highest BCUT2D eigenvalue weighted by Gasteiger charge is 2.07. The van der Waals surface area contributed by atoms with E-state index in [0.29, 0.717) is 16.8 Å². The average Bonchev–Trinajstić information content (AvgIpc) is 2.54. The quantitative estimate of drug-likeness (QED) is 0.451. The number of halogens is 1. The SMILES string of the molecule is Cc1cc(Oc2ccccc2)nc(SCc2ccccc2Cl)n1. The largest absolute Gasteiger partial charge is 0.439 e. The van der Waals surface area contributed by atoms with Crippen LogP contribution >= 0.6 is 23.4 Å². The van der Waals surface area contributed by atoms with Crippen molar-refractivity contribution in [1.29, 1.82) is 0 Å². The summed E-state index contributed by atoms with van der Waals surface area (Å²) in [6.07, 6.45) is 0. The zero-order chi connectivity index (χ0) is 16.1. The molecule has 3 rings (SSSR count). The van der Waals surface area contributed by atoms with Crippen LogP contribution in [0.15, 0.2) is 65.8 Å². The van der Waals surface area contributed by atoms with Crippen LogP contribution < -0.4 is 4.74 Å². The molecule has 0 unspecified atom stereocenters. The highest BCUT2D eigenvalue weighted by Crippen LogP contribution is 2.27. The lowest BCUT2D eigenvalue weighted by Crippen LogP contribution is -1.95. The Kier molecular flexibility index (Phi) is 5.16. The molecular weight excluding hydrogens is 328 g/mol. The zero-order valence-electron chi connectivity index (χ0n) is 12.6. The van der Waals surface area contributed by atoms with Crippen molar-refractivity contribution in [2.75, 3.05) is 0 Å². The minimum absolute atomic E-state index is 0.547. The van der Waals surface area contributed by atoms with Gasteiger partial charge in [-0.15, -0.1) is 0 Å². The summed E-state index contributed by atoms with van der Waals surface area (Å²) in [6.45, 7) is 1.93. The molecular formula is C18H15ClN2OS. The number of para-hydroxylation sites is 1. The first kappa shape index (κ1) is 15.8. The molecule has 0 radical (unpaired) electrons. The second-order valence-electron chi connectivity index (χ2n) is 4.93. The topological polar surface area (TPSA) is 35.0 Å². The molecule has 1 aromatic heterocycles. The number of aryl methyl sites for hydroxylation is 1. The van der Waals surface area contributed by atoms with Gasteiger partial charge in [0.2, 0.25) is 5.88 Å². The molecule has 0 fully saturated rings. The van der Waals surface area contributed by atoms with Crippen LogP contribution in [-0.4, -0.2) is 9.97 Å². The van der Waals surface area contributed by atoms with Crippen molar-refractivity contribution >= 4 is 23.4 Å². The maximum atomic E-state index is 6.18. The van der Waals surface area contributed by atoms with Crippen LogP contribution in [0.1, 0.15) is 11.3 Å². The van der Waals surface area contributed by atoms with E-state index >= 15 is 0 Å². The van der Waals surface area contributed by atoms with Crippen molar-refractivity contribution in [3.63, 3.8) is 0 Å². The fourth-order valence-corrected chi connectivity index (χ4v) is 3.18. The first-order valence-corrected chi connectivity index (χ1v) is 8.52. The number of hydrogen-bond donors (Lipinski definition) is 0.